The largest absolute Gasteiger partial charge is 1.00 e. The molecule has 2 N–H and O–H groups in total. The minimum absolute atomic E-state index is 0. The fraction of sp³-hybridized carbons (Fsp3) is 0.188. The summed E-state index contributed by atoms with van der Waals surface area (Å²) in [5.74, 6) is -0.341. The molecule has 25 heavy (non-hydrogen) atoms. The third kappa shape index (κ3) is 3.72. The van der Waals surface area contributed by atoms with Crippen molar-refractivity contribution in [1.82, 2.24) is 0 Å². The van der Waals surface area contributed by atoms with Gasteiger partial charge in [-0.25, -0.2) is 8.42 Å². The van der Waals surface area contributed by atoms with E-state index in [2.05, 4.69) is 5.32 Å². The summed E-state index contributed by atoms with van der Waals surface area (Å²) in [6.07, 6.45) is -0.333. The Kier molecular flexibility index (Phi) is 5.88. The second-order valence-electron chi connectivity index (χ2n) is 5.61. The summed E-state index contributed by atoms with van der Waals surface area (Å²) < 4.78 is 23.1. The molecule has 6 nitrogen and oxygen atoms in total. The van der Waals surface area contributed by atoms with Crippen LogP contribution in [0.5, 0.6) is 0 Å². The van der Waals surface area contributed by atoms with Crippen molar-refractivity contribution >= 4 is 38.9 Å². The second kappa shape index (κ2) is 7.26. The van der Waals surface area contributed by atoms with Gasteiger partial charge in [0.25, 0.3) is 5.91 Å². The van der Waals surface area contributed by atoms with Gasteiger partial charge in [0.05, 0.1) is 21.2 Å². The fourth-order valence-electron chi connectivity index (χ4n) is 2.80. The van der Waals surface area contributed by atoms with Crippen LogP contribution in [0.4, 0.5) is 11.4 Å². The van der Waals surface area contributed by atoms with Crippen LogP contribution in [0, 0.1) is 6.92 Å². The van der Waals surface area contributed by atoms with Gasteiger partial charge in [-0.1, -0.05) is 29.8 Å². The van der Waals surface area contributed by atoms with Gasteiger partial charge >= 0.3 is 29.6 Å². The van der Waals surface area contributed by atoms with E-state index in [0.29, 0.717) is 5.69 Å². The number of nitrogens with one attached hydrogen (secondary N) is 2. The molecule has 0 saturated heterocycles. The van der Waals surface area contributed by atoms with Crippen LogP contribution in [0.1, 0.15) is 22.8 Å². The van der Waals surface area contributed by atoms with Gasteiger partial charge in [-0.05, 0) is 37.6 Å². The van der Waals surface area contributed by atoms with Crippen molar-refractivity contribution in [1.29, 1.82) is 0 Å². The first kappa shape index (κ1) is 20.2. The average Bonchev–Trinajstić information content (AvgIpc) is 2.47. The van der Waals surface area contributed by atoms with Gasteiger partial charge in [-0.15, -0.1) is 0 Å². The molecule has 0 radical (unpaired) electrons. The van der Waals surface area contributed by atoms with E-state index in [-0.39, 0.29) is 57.1 Å². The predicted molar refractivity (Wildman–Crippen MR) is 94.0 cm³/mol. The first-order valence-corrected chi connectivity index (χ1v) is 9.05. The van der Waals surface area contributed by atoms with Crippen LogP contribution in [-0.2, 0) is 10.0 Å². The molecule has 126 valence electrons. The Balaban J connectivity index is 0.00000225. The minimum Gasteiger partial charge on any atom is -0.560 e. The number of carbonyl (C=O) groups is 1. The van der Waals surface area contributed by atoms with Crippen molar-refractivity contribution < 1.29 is 42.8 Å². The Morgan fingerprint density at radius 3 is 2.48 bits per heavy atom. The van der Waals surface area contributed by atoms with Crippen molar-refractivity contribution in [3.05, 3.63) is 57.7 Å². The van der Waals surface area contributed by atoms with E-state index >= 15 is 0 Å². The Hall–Kier alpha value is -1.09. The van der Waals surface area contributed by atoms with Crippen LogP contribution < -0.4 is 39.8 Å². The number of nitrogens with zero attached hydrogens (tertiary/aromatic N) is 1. The molecule has 1 aliphatic heterocycles. The Morgan fingerprint density at radius 2 is 1.88 bits per heavy atom. The second-order valence-corrected chi connectivity index (χ2v) is 7.47. The number of benzene rings is 2. The Bertz CT molecular complexity index is 950. The van der Waals surface area contributed by atoms with E-state index in [1.54, 1.807) is 4.90 Å². The topological polar surface area (TPSA) is 90.3 Å². The van der Waals surface area contributed by atoms with Crippen LogP contribution in [0.3, 0.4) is 0 Å². The van der Waals surface area contributed by atoms with Crippen molar-refractivity contribution in [3.63, 3.8) is 0 Å². The summed E-state index contributed by atoms with van der Waals surface area (Å²) in [6.45, 7) is 3.72. The predicted octanol–water partition coefficient (Wildman–Crippen LogP) is 0.812. The van der Waals surface area contributed by atoms with Gasteiger partial charge in [-0.3, -0.25) is 9.69 Å². The molecule has 1 aliphatic rings. The van der Waals surface area contributed by atoms with Crippen LogP contribution in [0.2, 0.25) is 5.02 Å². The maximum atomic E-state index is 13.0. The van der Waals surface area contributed by atoms with Gasteiger partial charge in [0.1, 0.15) is 16.2 Å². The van der Waals surface area contributed by atoms with Gasteiger partial charge in [0.2, 0.25) is 0 Å². The summed E-state index contributed by atoms with van der Waals surface area (Å²) >= 11 is 5.96. The number of carbonyl (C=O) groups excluding carboxylic acids is 1. The molecule has 9 heteroatoms. The first-order valence-electron chi connectivity index (χ1n) is 7.19. The van der Waals surface area contributed by atoms with Crippen LogP contribution >= 0.6 is 11.6 Å². The summed E-state index contributed by atoms with van der Waals surface area (Å²) in [5.41, 5.74) is 2.28. The molecule has 2 aromatic carbocycles. The number of halogens is 1. The van der Waals surface area contributed by atoms with E-state index in [9.17, 15) is 13.2 Å². The molecular weight excluding hydrogens is 373 g/mol. The van der Waals surface area contributed by atoms with E-state index in [0.717, 1.165) is 17.3 Å². The smallest absolute Gasteiger partial charge is 0.560 e. The van der Waals surface area contributed by atoms with Crippen LogP contribution in [0.15, 0.2) is 41.3 Å². The minimum atomic E-state index is -4.27. The molecule has 3 rings (SSSR count). The molecule has 0 bridgehead atoms. The maximum Gasteiger partial charge on any atom is 1.00 e. The molecule has 0 aromatic heterocycles. The number of aryl methyl sites for hydroxylation is 1. The number of amides is 1. The van der Waals surface area contributed by atoms with Crippen molar-refractivity contribution in [3.8, 4) is 0 Å². The molecule has 0 aliphatic carbocycles. The van der Waals surface area contributed by atoms with Crippen LogP contribution in [-0.4, -0.2) is 20.5 Å². The summed E-state index contributed by atoms with van der Waals surface area (Å²) in [6, 6.07) is 9.97. The number of rotatable bonds is 2. The quantitative estimate of drug-likeness (QED) is 0.772. The molecule has 2 aromatic rings. The molecule has 1 heterocycles. The van der Waals surface area contributed by atoms with Crippen molar-refractivity contribution in [2.45, 2.75) is 24.9 Å². The molecule has 1 amide bonds. The fourth-order valence-corrected chi connectivity index (χ4v) is 3.86. The summed E-state index contributed by atoms with van der Waals surface area (Å²) in [5, 5.41) is 10.3. The monoisotopic (exact) mass is 387 g/mol. The number of sulfonamides is 1. The van der Waals surface area contributed by atoms with Crippen molar-refractivity contribution in [2.75, 3.05) is 10.2 Å². The first-order chi connectivity index (χ1) is 11.2. The maximum absolute atomic E-state index is 13.0. The number of fused-ring (bicyclic) bond motifs is 1. The molecule has 0 spiro atoms. The molecule has 0 saturated carbocycles. The third-order valence-corrected chi connectivity index (χ3v) is 5.28. The molecule has 1 unspecified atom stereocenters. The van der Waals surface area contributed by atoms with E-state index < -0.39 is 10.0 Å². The Labute approximate surface area is 173 Å². The third-order valence-electron chi connectivity index (χ3n) is 3.94. The average molecular weight is 388 g/mol. The molecule has 0 fully saturated rings. The van der Waals surface area contributed by atoms with E-state index in [1.165, 1.54) is 6.07 Å². The van der Waals surface area contributed by atoms with Crippen molar-refractivity contribution in [2.24, 2.45) is 0 Å². The number of anilines is 2. The number of para-hydroxylation sites is 1. The van der Waals surface area contributed by atoms with E-state index in [4.69, 9.17) is 16.7 Å². The van der Waals surface area contributed by atoms with E-state index in [1.807, 2.05) is 38.1 Å². The molecule has 1 atom stereocenters. The van der Waals surface area contributed by atoms with Gasteiger partial charge in [0.15, 0.2) is 0 Å². The summed E-state index contributed by atoms with van der Waals surface area (Å²) in [7, 11) is -4.27. The summed E-state index contributed by atoms with van der Waals surface area (Å²) in [4.78, 5) is 14.1. The standard InChI is InChI=1S/C16H16ClN3O3S.Na/c1-9-5-3-4-6-14(9)20-10(2)19-13-8-12(17)15(24(18,22)23)7-11(13)16(20)21;/h3-8,10H,1-2H3,(H3,18,19,21,22,23);/q;+1/p-1. The number of hydrogen-bond donors (Lipinski definition) is 1. The SMILES string of the molecule is Cc1ccccc1N1C(=O)c2cc(S([NH-])(=O)=O)c(Cl)cc2NC1C.[Na+]. The normalized spacial score (nSPS) is 16.7. The zero-order chi connectivity index (χ0) is 17.6. The Morgan fingerprint density at radius 1 is 1.24 bits per heavy atom. The van der Waals surface area contributed by atoms with Crippen LogP contribution in [0.25, 0.3) is 5.14 Å². The van der Waals surface area contributed by atoms with Gasteiger partial charge < -0.3 is 10.5 Å². The molecular formula is C16H15ClN3NaO3S. The zero-order valence-corrected chi connectivity index (χ0v) is 17.6. The number of hydrogen-bond acceptors (Lipinski definition) is 4. The van der Waals surface area contributed by atoms with Gasteiger partial charge in [0, 0.05) is 5.69 Å². The van der Waals surface area contributed by atoms with Gasteiger partial charge in [-0.2, -0.15) is 0 Å². The zero-order valence-electron chi connectivity index (χ0n) is 14.0.